The van der Waals surface area contributed by atoms with Gasteiger partial charge in [0.25, 0.3) is 11.6 Å². The van der Waals surface area contributed by atoms with Crippen LogP contribution in [0.2, 0.25) is 0 Å². The topological polar surface area (TPSA) is 98.0 Å². The number of rotatable bonds is 4. The molecule has 120 valence electrons. The molecule has 3 rings (SSSR count). The molecule has 23 heavy (non-hydrogen) atoms. The normalized spacial score (nSPS) is 15.3. The van der Waals surface area contributed by atoms with Crippen LogP contribution in [0.5, 0.6) is 0 Å². The Kier molecular flexibility index (Phi) is 4.61. The number of nitrogens with one attached hydrogen (secondary N) is 1. The van der Waals surface area contributed by atoms with Crippen molar-refractivity contribution in [2.45, 2.75) is 38.0 Å². The van der Waals surface area contributed by atoms with Gasteiger partial charge < -0.3 is 0 Å². The van der Waals surface area contributed by atoms with Crippen molar-refractivity contribution in [1.29, 1.82) is 0 Å². The monoisotopic (exact) mass is 332 g/mol. The zero-order chi connectivity index (χ0) is 16.2. The summed E-state index contributed by atoms with van der Waals surface area (Å²) in [7, 11) is 0. The molecule has 1 heterocycles. The molecule has 0 spiro atoms. The SMILES string of the molecule is O=C(Nc1nnc(C2CCCCC2)s1)c1ccc([N+](=O)[O-])cc1. The van der Waals surface area contributed by atoms with Gasteiger partial charge in [-0.05, 0) is 25.0 Å². The molecule has 7 nitrogen and oxygen atoms in total. The Morgan fingerprint density at radius 3 is 2.52 bits per heavy atom. The summed E-state index contributed by atoms with van der Waals surface area (Å²) in [5, 5.41) is 23.0. The lowest BCUT2D eigenvalue weighted by Crippen LogP contribution is -2.11. The first-order chi connectivity index (χ1) is 11.1. The molecule has 1 fully saturated rings. The fraction of sp³-hybridized carbons (Fsp3) is 0.400. The van der Waals surface area contributed by atoms with E-state index >= 15 is 0 Å². The minimum Gasteiger partial charge on any atom is -0.296 e. The molecule has 1 amide bonds. The van der Waals surface area contributed by atoms with Crippen LogP contribution in [-0.2, 0) is 0 Å². The minimum absolute atomic E-state index is 0.0444. The van der Waals surface area contributed by atoms with Crippen LogP contribution in [0.1, 0.15) is 53.4 Å². The Hall–Kier alpha value is -2.35. The predicted molar refractivity (Wildman–Crippen MR) is 86.8 cm³/mol. The average Bonchev–Trinajstić information content (AvgIpc) is 3.04. The van der Waals surface area contributed by atoms with Crippen molar-refractivity contribution in [1.82, 2.24) is 10.2 Å². The first kappa shape index (κ1) is 15.5. The zero-order valence-electron chi connectivity index (χ0n) is 12.4. The molecule has 1 aromatic heterocycles. The number of hydrogen-bond acceptors (Lipinski definition) is 6. The number of hydrogen-bond donors (Lipinski definition) is 1. The van der Waals surface area contributed by atoms with E-state index in [0.717, 1.165) is 17.8 Å². The smallest absolute Gasteiger partial charge is 0.269 e. The van der Waals surface area contributed by atoms with Gasteiger partial charge in [-0.2, -0.15) is 0 Å². The molecule has 0 unspecified atom stereocenters. The van der Waals surface area contributed by atoms with E-state index in [4.69, 9.17) is 0 Å². The van der Waals surface area contributed by atoms with Crippen molar-refractivity contribution >= 4 is 28.1 Å². The number of benzene rings is 1. The maximum atomic E-state index is 12.1. The van der Waals surface area contributed by atoms with Crippen molar-refractivity contribution < 1.29 is 9.72 Å². The van der Waals surface area contributed by atoms with Gasteiger partial charge in [-0.15, -0.1) is 10.2 Å². The van der Waals surface area contributed by atoms with Crippen LogP contribution in [0, 0.1) is 10.1 Å². The number of non-ortho nitro benzene ring substituents is 1. The highest BCUT2D eigenvalue weighted by Gasteiger charge is 2.20. The second-order valence-electron chi connectivity index (χ2n) is 5.54. The lowest BCUT2D eigenvalue weighted by molar-refractivity contribution is -0.384. The van der Waals surface area contributed by atoms with Gasteiger partial charge in [0, 0.05) is 23.6 Å². The first-order valence-corrected chi connectivity index (χ1v) is 8.34. The van der Waals surface area contributed by atoms with E-state index in [0.29, 0.717) is 16.6 Å². The summed E-state index contributed by atoms with van der Waals surface area (Å²) in [4.78, 5) is 22.3. The van der Waals surface area contributed by atoms with Gasteiger partial charge >= 0.3 is 0 Å². The molecule has 1 aliphatic rings. The van der Waals surface area contributed by atoms with E-state index < -0.39 is 4.92 Å². The fourth-order valence-corrected chi connectivity index (χ4v) is 3.61. The quantitative estimate of drug-likeness (QED) is 0.679. The molecule has 1 saturated carbocycles. The van der Waals surface area contributed by atoms with Crippen LogP contribution < -0.4 is 5.32 Å². The van der Waals surface area contributed by atoms with Gasteiger partial charge in [0.05, 0.1) is 4.92 Å². The minimum atomic E-state index is -0.497. The molecule has 0 saturated heterocycles. The number of aromatic nitrogens is 2. The zero-order valence-corrected chi connectivity index (χ0v) is 13.2. The molecule has 8 heteroatoms. The number of nitro benzene ring substituents is 1. The number of carbonyl (C=O) groups is 1. The van der Waals surface area contributed by atoms with E-state index in [9.17, 15) is 14.9 Å². The van der Waals surface area contributed by atoms with Gasteiger partial charge in [0.2, 0.25) is 5.13 Å². The summed E-state index contributed by atoms with van der Waals surface area (Å²) in [6.45, 7) is 0. The van der Waals surface area contributed by atoms with Crippen LogP contribution in [0.4, 0.5) is 10.8 Å². The molecule has 2 aromatic rings. The van der Waals surface area contributed by atoms with Crippen LogP contribution in [0.25, 0.3) is 0 Å². The molecular formula is C15H16N4O3S. The van der Waals surface area contributed by atoms with E-state index in [1.54, 1.807) is 0 Å². The highest BCUT2D eigenvalue weighted by Crippen LogP contribution is 2.35. The summed E-state index contributed by atoms with van der Waals surface area (Å²) in [5.41, 5.74) is 0.307. The Labute approximate surface area is 136 Å². The van der Waals surface area contributed by atoms with Crippen molar-refractivity contribution in [3.63, 3.8) is 0 Å². The third-order valence-electron chi connectivity index (χ3n) is 3.96. The lowest BCUT2D eigenvalue weighted by Gasteiger charge is -2.18. The standard InChI is InChI=1S/C15H16N4O3S/c20-13(10-6-8-12(9-7-10)19(21)22)16-15-18-17-14(23-15)11-4-2-1-3-5-11/h6-9,11H,1-5H2,(H,16,18,20). The largest absolute Gasteiger partial charge is 0.296 e. The second kappa shape index (κ2) is 6.82. The van der Waals surface area contributed by atoms with Gasteiger partial charge in [0.15, 0.2) is 0 Å². The van der Waals surface area contributed by atoms with Crippen molar-refractivity contribution in [2.75, 3.05) is 5.32 Å². The molecule has 0 aliphatic heterocycles. The summed E-state index contributed by atoms with van der Waals surface area (Å²) >= 11 is 1.41. The maximum absolute atomic E-state index is 12.1. The highest BCUT2D eigenvalue weighted by molar-refractivity contribution is 7.15. The van der Waals surface area contributed by atoms with Gasteiger partial charge in [-0.1, -0.05) is 30.6 Å². The van der Waals surface area contributed by atoms with Crippen molar-refractivity contribution in [3.05, 3.63) is 45.0 Å². The van der Waals surface area contributed by atoms with Gasteiger partial charge in [0.1, 0.15) is 5.01 Å². The number of nitrogens with zero attached hydrogens (tertiary/aromatic N) is 3. The molecule has 1 N–H and O–H groups in total. The van der Waals surface area contributed by atoms with Crippen LogP contribution in [0.15, 0.2) is 24.3 Å². The summed E-state index contributed by atoms with van der Waals surface area (Å²) in [5.74, 6) is 0.109. The molecule has 1 aromatic carbocycles. The Morgan fingerprint density at radius 2 is 1.87 bits per heavy atom. The number of amides is 1. The van der Waals surface area contributed by atoms with Gasteiger partial charge in [-0.3, -0.25) is 20.2 Å². The summed E-state index contributed by atoms with van der Waals surface area (Å²) in [6, 6.07) is 5.47. The summed E-state index contributed by atoms with van der Waals surface area (Å²) in [6.07, 6.45) is 5.97. The third-order valence-corrected chi connectivity index (χ3v) is 4.96. The Balaban J connectivity index is 1.65. The average molecular weight is 332 g/mol. The molecule has 0 bridgehead atoms. The van der Waals surface area contributed by atoms with E-state index in [-0.39, 0.29) is 11.6 Å². The second-order valence-corrected chi connectivity index (χ2v) is 6.55. The third kappa shape index (κ3) is 3.70. The molecular weight excluding hydrogens is 316 g/mol. The predicted octanol–water partition coefficient (Wildman–Crippen LogP) is 3.75. The van der Waals surface area contributed by atoms with Crippen molar-refractivity contribution in [2.24, 2.45) is 0 Å². The highest BCUT2D eigenvalue weighted by atomic mass is 32.1. The molecule has 1 aliphatic carbocycles. The molecule has 0 radical (unpaired) electrons. The van der Waals surface area contributed by atoms with E-state index in [2.05, 4.69) is 15.5 Å². The Bertz CT molecular complexity index is 708. The first-order valence-electron chi connectivity index (χ1n) is 7.52. The van der Waals surface area contributed by atoms with Crippen LogP contribution in [0.3, 0.4) is 0 Å². The fourth-order valence-electron chi connectivity index (χ4n) is 2.70. The van der Waals surface area contributed by atoms with Crippen LogP contribution in [-0.4, -0.2) is 21.0 Å². The lowest BCUT2D eigenvalue weighted by atomic mass is 9.90. The van der Waals surface area contributed by atoms with Crippen LogP contribution >= 0.6 is 11.3 Å². The maximum Gasteiger partial charge on any atom is 0.269 e. The summed E-state index contributed by atoms with van der Waals surface area (Å²) < 4.78 is 0. The van der Waals surface area contributed by atoms with E-state index in [1.165, 1.54) is 54.9 Å². The number of carbonyl (C=O) groups excluding carboxylic acids is 1. The van der Waals surface area contributed by atoms with E-state index in [1.807, 2.05) is 0 Å². The Morgan fingerprint density at radius 1 is 1.17 bits per heavy atom. The number of nitro groups is 1. The molecule has 0 atom stereocenters. The number of anilines is 1. The van der Waals surface area contributed by atoms with Gasteiger partial charge in [-0.25, -0.2) is 0 Å². The van der Waals surface area contributed by atoms with Crippen molar-refractivity contribution in [3.8, 4) is 0 Å².